The Hall–Kier alpha value is -3.19. The molecule has 0 unspecified atom stereocenters. The van der Waals surface area contributed by atoms with Gasteiger partial charge in [-0.25, -0.2) is 9.59 Å². The molecule has 7 heteroatoms. The van der Waals surface area contributed by atoms with Crippen molar-refractivity contribution in [2.24, 2.45) is 0 Å². The van der Waals surface area contributed by atoms with Crippen molar-refractivity contribution in [3.05, 3.63) is 71.6 Å². The fourth-order valence-corrected chi connectivity index (χ4v) is 3.48. The van der Waals surface area contributed by atoms with E-state index in [2.05, 4.69) is 9.88 Å². The van der Waals surface area contributed by atoms with Crippen LogP contribution in [0.25, 0.3) is 6.08 Å². The lowest BCUT2D eigenvalue weighted by atomic mass is 10.1. The topological polar surface area (TPSA) is 72.0 Å². The summed E-state index contributed by atoms with van der Waals surface area (Å²) in [6.07, 6.45) is 4.57. The van der Waals surface area contributed by atoms with E-state index in [-0.39, 0.29) is 24.7 Å². The van der Waals surface area contributed by atoms with Gasteiger partial charge in [-0.2, -0.15) is 0 Å². The van der Waals surface area contributed by atoms with Gasteiger partial charge in [0.2, 0.25) is 0 Å². The second-order valence-electron chi connectivity index (χ2n) is 7.49. The molecule has 164 valence electrons. The zero-order chi connectivity index (χ0) is 22.1. The molecule has 1 aliphatic heterocycles. The van der Waals surface area contributed by atoms with Crippen molar-refractivity contribution in [2.75, 3.05) is 26.2 Å². The fraction of sp³-hybridized carbons (Fsp3) is 0.375. The molecular weight excluding hydrogens is 394 g/mol. The van der Waals surface area contributed by atoms with E-state index in [1.54, 1.807) is 17.9 Å². The number of ether oxygens (including phenoxy) is 2. The normalized spacial score (nSPS) is 17.0. The van der Waals surface area contributed by atoms with Gasteiger partial charge in [-0.1, -0.05) is 36.4 Å². The van der Waals surface area contributed by atoms with Crippen molar-refractivity contribution in [2.45, 2.75) is 33.0 Å². The Morgan fingerprint density at radius 1 is 1.10 bits per heavy atom. The zero-order valence-electron chi connectivity index (χ0n) is 18.1. The highest BCUT2D eigenvalue weighted by molar-refractivity contribution is 5.86. The van der Waals surface area contributed by atoms with Crippen molar-refractivity contribution >= 4 is 18.1 Å². The molecule has 1 aromatic carbocycles. The van der Waals surface area contributed by atoms with E-state index in [4.69, 9.17) is 9.47 Å². The van der Waals surface area contributed by atoms with Crippen LogP contribution >= 0.6 is 0 Å². The molecule has 0 N–H and O–H groups in total. The summed E-state index contributed by atoms with van der Waals surface area (Å²) in [6.45, 7) is 7.38. The first-order valence-corrected chi connectivity index (χ1v) is 10.5. The molecule has 0 spiro atoms. The Morgan fingerprint density at radius 3 is 2.58 bits per heavy atom. The number of carbonyl (C=O) groups excluding carboxylic acids is 2. The van der Waals surface area contributed by atoms with E-state index in [0.717, 1.165) is 30.8 Å². The van der Waals surface area contributed by atoms with Crippen molar-refractivity contribution < 1.29 is 19.1 Å². The minimum atomic E-state index is -0.373. The van der Waals surface area contributed by atoms with E-state index in [0.29, 0.717) is 18.8 Å². The smallest absolute Gasteiger partial charge is 0.410 e. The maximum atomic E-state index is 12.5. The van der Waals surface area contributed by atoms with Crippen LogP contribution in [-0.2, 0) is 27.4 Å². The quantitative estimate of drug-likeness (QED) is 0.501. The number of piperazine rings is 1. The predicted octanol–water partition coefficient (Wildman–Crippen LogP) is 3.50. The van der Waals surface area contributed by atoms with Crippen LogP contribution in [0.3, 0.4) is 0 Å². The molecule has 1 aromatic heterocycles. The van der Waals surface area contributed by atoms with Gasteiger partial charge in [-0.3, -0.25) is 9.88 Å². The van der Waals surface area contributed by atoms with Crippen molar-refractivity contribution in [1.29, 1.82) is 0 Å². The van der Waals surface area contributed by atoms with Gasteiger partial charge in [0.15, 0.2) is 0 Å². The minimum absolute atomic E-state index is 0.0665. The highest BCUT2D eigenvalue weighted by Crippen LogP contribution is 2.15. The van der Waals surface area contributed by atoms with Crippen LogP contribution in [0.15, 0.2) is 54.7 Å². The molecule has 0 saturated carbocycles. The van der Waals surface area contributed by atoms with Crippen LogP contribution in [0.4, 0.5) is 4.79 Å². The van der Waals surface area contributed by atoms with Crippen molar-refractivity contribution in [3.63, 3.8) is 0 Å². The largest absolute Gasteiger partial charge is 0.463 e. The van der Waals surface area contributed by atoms with Gasteiger partial charge in [0.1, 0.15) is 6.61 Å². The molecule has 1 saturated heterocycles. The van der Waals surface area contributed by atoms with Crippen LogP contribution in [-0.4, -0.2) is 59.1 Å². The lowest BCUT2D eigenvalue weighted by Crippen LogP contribution is -2.53. The average molecular weight is 424 g/mol. The van der Waals surface area contributed by atoms with E-state index < -0.39 is 0 Å². The molecule has 0 bridgehead atoms. The van der Waals surface area contributed by atoms with Gasteiger partial charge in [0.25, 0.3) is 0 Å². The monoisotopic (exact) mass is 423 g/mol. The Kier molecular flexibility index (Phi) is 8.18. The Bertz CT molecular complexity index is 883. The standard InChI is InChI=1S/C24H29N3O4/c1-3-30-23(28)12-11-22-10-9-21(15-25-22)17-26-13-14-27(19(2)16-26)24(29)31-18-20-7-5-4-6-8-20/h4-12,15,19H,3,13-14,16-18H2,1-2H3/b12-11+/t19-/m0/s1. The second-order valence-corrected chi connectivity index (χ2v) is 7.49. The number of esters is 1. The highest BCUT2D eigenvalue weighted by Gasteiger charge is 2.28. The molecule has 3 rings (SSSR count). The summed E-state index contributed by atoms with van der Waals surface area (Å²) < 4.78 is 10.3. The SMILES string of the molecule is CCOC(=O)/C=C/c1ccc(CN2CCN(C(=O)OCc3ccccc3)[C@@H](C)C2)cn1. The molecule has 7 nitrogen and oxygen atoms in total. The van der Waals surface area contributed by atoms with Gasteiger partial charge in [0.05, 0.1) is 12.3 Å². The average Bonchev–Trinajstić information content (AvgIpc) is 2.78. The number of hydrogen-bond acceptors (Lipinski definition) is 6. The number of aromatic nitrogens is 1. The summed E-state index contributed by atoms with van der Waals surface area (Å²) >= 11 is 0. The number of rotatable bonds is 7. The van der Waals surface area contributed by atoms with E-state index in [9.17, 15) is 9.59 Å². The highest BCUT2D eigenvalue weighted by atomic mass is 16.6. The molecule has 1 fully saturated rings. The van der Waals surface area contributed by atoms with Crippen molar-refractivity contribution in [1.82, 2.24) is 14.8 Å². The van der Waals surface area contributed by atoms with Gasteiger partial charge in [-0.15, -0.1) is 0 Å². The molecule has 0 radical (unpaired) electrons. The molecule has 1 atom stereocenters. The second kappa shape index (κ2) is 11.3. The van der Waals surface area contributed by atoms with Crippen LogP contribution in [0.5, 0.6) is 0 Å². The number of pyridine rings is 1. The third kappa shape index (κ3) is 6.93. The van der Waals surface area contributed by atoms with Crippen LogP contribution in [0.2, 0.25) is 0 Å². The zero-order valence-corrected chi connectivity index (χ0v) is 18.1. The third-order valence-electron chi connectivity index (χ3n) is 5.08. The molecule has 31 heavy (non-hydrogen) atoms. The molecule has 2 aromatic rings. The Balaban J connectivity index is 1.46. The van der Waals surface area contributed by atoms with Crippen molar-refractivity contribution in [3.8, 4) is 0 Å². The maximum Gasteiger partial charge on any atom is 0.410 e. The first kappa shape index (κ1) is 22.5. The molecule has 1 aliphatic rings. The lowest BCUT2D eigenvalue weighted by Gasteiger charge is -2.39. The predicted molar refractivity (Wildman–Crippen MR) is 118 cm³/mol. The summed E-state index contributed by atoms with van der Waals surface area (Å²) in [6, 6.07) is 13.6. The Morgan fingerprint density at radius 2 is 1.90 bits per heavy atom. The minimum Gasteiger partial charge on any atom is -0.463 e. The van der Waals surface area contributed by atoms with Gasteiger partial charge < -0.3 is 14.4 Å². The summed E-state index contributed by atoms with van der Waals surface area (Å²) in [5.41, 5.74) is 2.77. The molecule has 2 heterocycles. The Labute approximate surface area is 183 Å². The van der Waals surface area contributed by atoms with E-state index in [1.165, 1.54) is 6.08 Å². The first-order chi connectivity index (χ1) is 15.0. The van der Waals surface area contributed by atoms with Crippen LogP contribution in [0, 0.1) is 0 Å². The maximum absolute atomic E-state index is 12.5. The summed E-state index contributed by atoms with van der Waals surface area (Å²) in [5.74, 6) is -0.373. The van der Waals surface area contributed by atoms with Gasteiger partial charge in [-0.05, 0) is 37.1 Å². The van der Waals surface area contributed by atoms with Gasteiger partial charge in [0, 0.05) is 44.5 Å². The van der Waals surface area contributed by atoms with Gasteiger partial charge >= 0.3 is 12.1 Å². The molecule has 0 aliphatic carbocycles. The third-order valence-corrected chi connectivity index (χ3v) is 5.08. The summed E-state index contributed by atoms with van der Waals surface area (Å²) in [7, 11) is 0. The summed E-state index contributed by atoms with van der Waals surface area (Å²) in [5, 5.41) is 0. The number of carbonyl (C=O) groups is 2. The molecule has 1 amide bonds. The van der Waals surface area contributed by atoms with E-state index >= 15 is 0 Å². The summed E-state index contributed by atoms with van der Waals surface area (Å²) in [4.78, 5) is 32.3. The first-order valence-electron chi connectivity index (χ1n) is 10.5. The lowest BCUT2D eigenvalue weighted by molar-refractivity contribution is -0.137. The van der Waals surface area contributed by atoms with Crippen LogP contribution in [0.1, 0.15) is 30.7 Å². The fourth-order valence-electron chi connectivity index (χ4n) is 3.48. The molecular formula is C24H29N3O4. The van der Waals surface area contributed by atoms with Crippen LogP contribution < -0.4 is 0 Å². The number of amides is 1. The number of benzene rings is 1. The van der Waals surface area contributed by atoms with E-state index in [1.807, 2.05) is 55.6 Å². The number of nitrogens with zero attached hydrogens (tertiary/aromatic N) is 3. The number of hydrogen-bond donors (Lipinski definition) is 0.